The predicted molar refractivity (Wildman–Crippen MR) is 119 cm³/mol. The fourth-order valence-corrected chi connectivity index (χ4v) is 4.10. The van der Waals surface area contributed by atoms with Crippen molar-refractivity contribution >= 4 is 51.4 Å². The molecule has 0 bridgehead atoms. The van der Waals surface area contributed by atoms with Crippen molar-refractivity contribution in [1.82, 2.24) is 0 Å². The van der Waals surface area contributed by atoms with Crippen LogP contribution in [0.3, 0.4) is 0 Å². The highest BCUT2D eigenvalue weighted by molar-refractivity contribution is 7.18. The summed E-state index contributed by atoms with van der Waals surface area (Å²) < 4.78 is 18.7. The number of hydrogen-bond donors (Lipinski definition) is 2. The number of methoxy groups -OCH3 is 1. The van der Waals surface area contributed by atoms with Gasteiger partial charge in [-0.1, -0.05) is 35.9 Å². The Morgan fingerprint density at radius 3 is 2.39 bits per heavy atom. The predicted octanol–water partition coefficient (Wildman–Crippen LogP) is 5.07. The standard InChI is InChI=1S/C22H18ClFN2O4S/c1-12-18(22(29)30-2)21(26-17(27)11-13-7-9-14(23)10-8-13)31-19(12)20(28)25-16-6-4-3-5-15(16)24/h3-10H,11H2,1-2H3,(H,25,28)(H,26,27). The van der Waals surface area contributed by atoms with E-state index in [2.05, 4.69) is 10.6 Å². The molecule has 3 rings (SSSR count). The van der Waals surface area contributed by atoms with Gasteiger partial charge in [0.05, 0.1) is 29.7 Å². The summed E-state index contributed by atoms with van der Waals surface area (Å²) in [4.78, 5) is 37.7. The van der Waals surface area contributed by atoms with Gasteiger partial charge < -0.3 is 15.4 Å². The first-order valence-corrected chi connectivity index (χ1v) is 10.3. The zero-order chi connectivity index (χ0) is 22.5. The largest absolute Gasteiger partial charge is 0.465 e. The second-order valence-electron chi connectivity index (χ2n) is 6.54. The Labute approximate surface area is 187 Å². The van der Waals surface area contributed by atoms with Crippen LogP contribution in [-0.2, 0) is 16.0 Å². The van der Waals surface area contributed by atoms with Gasteiger partial charge in [-0.05, 0) is 42.3 Å². The number of carbonyl (C=O) groups is 3. The molecule has 2 N–H and O–H groups in total. The van der Waals surface area contributed by atoms with Gasteiger partial charge in [0, 0.05) is 5.02 Å². The van der Waals surface area contributed by atoms with Crippen molar-refractivity contribution in [2.45, 2.75) is 13.3 Å². The SMILES string of the molecule is COC(=O)c1c(NC(=O)Cc2ccc(Cl)cc2)sc(C(=O)Nc2ccccc2F)c1C. The smallest absolute Gasteiger partial charge is 0.341 e. The van der Waals surface area contributed by atoms with Gasteiger partial charge in [-0.25, -0.2) is 9.18 Å². The van der Waals surface area contributed by atoms with E-state index in [1.807, 2.05) is 0 Å². The summed E-state index contributed by atoms with van der Waals surface area (Å²) >= 11 is 6.77. The maximum atomic E-state index is 13.9. The van der Waals surface area contributed by atoms with Crippen LogP contribution >= 0.6 is 22.9 Å². The lowest BCUT2D eigenvalue weighted by Crippen LogP contribution is -2.16. The third-order valence-electron chi connectivity index (χ3n) is 4.40. The maximum absolute atomic E-state index is 13.9. The van der Waals surface area contributed by atoms with E-state index in [0.29, 0.717) is 10.6 Å². The summed E-state index contributed by atoms with van der Waals surface area (Å²) in [5, 5.41) is 5.89. The molecule has 0 atom stereocenters. The third-order valence-corrected chi connectivity index (χ3v) is 5.85. The van der Waals surface area contributed by atoms with E-state index in [1.54, 1.807) is 37.3 Å². The normalized spacial score (nSPS) is 10.5. The lowest BCUT2D eigenvalue weighted by molar-refractivity contribution is -0.115. The Morgan fingerprint density at radius 1 is 1.06 bits per heavy atom. The number of nitrogens with one attached hydrogen (secondary N) is 2. The van der Waals surface area contributed by atoms with Crippen LogP contribution in [0.2, 0.25) is 5.02 Å². The highest BCUT2D eigenvalue weighted by Crippen LogP contribution is 2.34. The molecule has 0 saturated carbocycles. The molecule has 0 saturated heterocycles. The number of carbonyl (C=O) groups excluding carboxylic acids is 3. The minimum atomic E-state index is -0.694. The van der Waals surface area contributed by atoms with Gasteiger partial charge in [0.25, 0.3) is 5.91 Å². The number of anilines is 2. The Hall–Kier alpha value is -3.23. The lowest BCUT2D eigenvalue weighted by atomic mass is 10.1. The van der Waals surface area contributed by atoms with E-state index < -0.39 is 17.7 Å². The third kappa shape index (κ3) is 5.28. The Morgan fingerprint density at radius 2 is 1.74 bits per heavy atom. The van der Waals surface area contributed by atoms with E-state index in [9.17, 15) is 18.8 Å². The molecule has 0 radical (unpaired) electrons. The van der Waals surface area contributed by atoms with Gasteiger partial charge in [0.2, 0.25) is 5.91 Å². The van der Waals surface area contributed by atoms with Crippen molar-refractivity contribution in [1.29, 1.82) is 0 Å². The molecule has 0 spiro atoms. The fraction of sp³-hybridized carbons (Fsp3) is 0.136. The first-order valence-electron chi connectivity index (χ1n) is 9.12. The number of halogens is 2. The zero-order valence-corrected chi connectivity index (χ0v) is 18.2. The summed E-state index contributed by atoms with van der Waals surface area (Å²) in [6.45, 7) is 1.56. The highest BCUT2D eigenvalue weighted by Gasteiger charge is 2.26. The van der Waals surface area contributed by atoms with Crippen LogP contribution in [0.4, 0.5) is 15.1 Å². The molecule has 0 aliphatic heterocycles. The summed E-state index contributed by atoms with van der Waals surface area (Å²) in [5.41, 5.74) is 1.14. The number of benzene rings is 2. The van der Waals surface area contributed by atoms with E-state index >= 15 is 0 Å². The van der Waals surface area contributed by atoms with E-state index in [-0.39, 0.29) is 33.5 Å². The molecule has 31 heavy (non-hydrogen) atoms. The molecule has 0 aliphatic carbocycles. The van der Waals surface area contributed by atoms with Crippen molar-refractivity contribution in [2.75, 3.05) is 17.7 Å². The number of ether oxygens (including phenoxy) is 1. The molecule has 160 valence electrons. The molecular formula is C22H18ClFN2O4S. The topological polar surface area (TPSA) is 84.5 Å². The molecule has 2 amide bonds. The van der Waals surface area contributed by atoms with Gasteiger partial charge in [-0.3, -0.25) is 9.59 Å². The molecule has 3 aromatic rings. The van der Waals surface area contributed by atoms with Gasteiger partial charge in [0.1, 0.15) is 10.8 Å². The second-order valence-corrected chi connectivity index (χ2v) is 7.99. The van der Waals surface area contributed by atoms with Crippen LogP contribution in [0.15, 0.2) is 48.5 Å². The first kappa shape index (κ1) is 22.5. The van der Waals surface area contributed by atoms with Crippen LogP contribution in [-0.4, -0.2) is 24.9 Å². The molecule has 1 heterocycles. The van der Waals surface area contributed by atoms with Crippen molar-refractivity contribution in [3.05, 3.63) is 80.9 Å². The number of rotatable bonds is 6. The van der Waals surface area contributed by atoms with Crippen molar-refractivity contribution in [2.24, 2.45) is 0 Å². The monoisotopic (exact) mass is 460 g/mol. The highest BCUT2D eigenvalue weighted by atomic mass is 35.5. The summed E-state index contributed by atoms with van der Waals surface area (Å²) in [7, 11) is 1.21. The number of esters is 1. The van der Waals surface area contributed by atoms with Crippen LogP contribution in [0.1, 0.15) is 31.2 Å². The molecule has 9 heteroatoms. The number of amides is 2. The van der Waals surface area contributed by atoms with E-state index in [0.717, 1.165) is 16.9 Å². The lowest BCUT2D eigenvalue weighted by Gasteiger charge is -2.06. The fourth-order valence-electron chi connectivity index (χ4n) is 2.87. The van der Waals surface area contributed by atoms with Crippen LogP contribution in [0.5, 0.6) is 0 Å². The minimum Gasteiger partial charge on any atom is -0.465 e. The molecule has 6 nitrogen and oxygen atoms in total. The summed E-state index contributed by atoms with van der Waals surface area (Å²) in [6.07, 6.45) is 0.0471. The van der Waals surface area contributed by atoms with E-state index in [1.165, 1.54) is 25.3 Å². The van der Waals surface area contributed by atoms with Crippen LogP contribution < -0.4 is 10.6 Å². The average molecular weight is 461 g/mol. The molecule has 0 fully saturated rings. The number of hydrogen-bond acceptors (Lipinski definition) is 5. The molecular weight excluding hydrogens is 443 g/mol. The Kier molecular flexibility index (Phi) is 7.04. The van der Waals surface area contributed by atoms with Crippen molar-refractivity contribution in [3.8, 4) is 0 Å². The molecule has 1 aromatic heterocycles. The quantitative estimate of drug-likeness (QED) is 0.503. The Balaban J connectivity index is 1.86. The first-order chi connectivity index (χ1) is 14.8. The zero-order valence-electron chi connectivity index (χ0n) is 16.6. The van der Waals surface area contributed by atoms with Crippen LogP contribution in [0, 0.1) is 12.7 Å². The van der Waals surface area contributed by atoms with E-state index in [4.69, 9.17) is 16.3 Å². The van der Waals surface area contributed by atoms with Gasteiger partial charge in [-0.2, -0.15) is 0 Å². The Bertz CT molecular complexity index is 1140. The maximum Gasteiger partial charge on any atom is 0.341 e. The van der Waals surface area contributed by atoms with Crippen LogP contribution in [0.25, 0.3) is 0 Å². The van der Waals surface area contributed by atoms with Gasteiger partial charge >= 0.3 is 5.97 Å². The average Bonchev–Trinajstić information content (AvgIpc) is 3.06. The molecule has 0 aliphatic rings. The number of thiophene rings is 1. The van der Waals surface area contributed by atoms with Crippen molar-refractivity contribution < 1.29 is 23.5 Å². The summed E-state index contributed by atoms with van der Waals surface area (Å²) in [5.74, 6) is -2.26. The molecule has 2 aromatic carbocycles. The minimum absolute atomic E-state index is 0.00763. The second kappa shape index (κ2) is 9.72. The molecule has 0 unspecified atom stereocenters. The van der Waals surface area contributed by atoms with Crippen molar-refractivity contribution in [3.63, 3.8) is 0 Å². The van der Waals surface area contributed by atoms with Gasteiger partial charge in [-0.15, -0.1) is 11.3 Å². The summed E-state index contributed by atoms with van der Waals surface area (Å²) in [6, 6.07) is 12.5. The number of para-hydroxylation sites is 1. The van der Waals surface area contributed by atoms with Gasteiger partial charge in [0.15, 0.2) is 0 Å².